The second-order valence-corrected chi connectivity index (χ2v) is 5.34. The fourth-order valence-electron chi connectivity index (χ4n) is 2.43. The molecule has 0 radical (unpaired) electrons. The number of carbonyl (C=O) groups excluding carboxylic acids is 2. The van der Waals surface area contributed by atoms with Crippen LogP contribution in [0.15, 0.2) is 30.3 Å². The van der Waals surface area contributed by atoms with Gasteiger partial charge in [0.25, 0.3) is 6.47 Å². The van der Waals surface area contributed by atoms with Crippen LogP contribution in [0.2, 0.25) is 0 Å². The Morgan fingerprint density at radius 3 is 2.57 bits per heavy atom. The maximum atomic E-state index is 12.1. The van der Waals surface area contributed by atoms with E-state index in [1.54, 1.807) is 11.9 Å². The zero-order valence-electron chi connectivity index (χ0n) is 13.3. The molecule has 1 aliphatic rings. The van der Waals surface area contributed by atoms with Gasteiger partial charge in [0.1, 0.15) is 6.61 Å². The largest absolute Gasteiger partial charge is 0.447 e. The molecule has 2 rings (SSSR count). The first kappa shape index (κ1) is 17.2. The lowest BCUT2D eigenvalue weighted by molar-refractivity contribution is -0.136. The van der Waals surface area contributed by atoms with Crippen LogP contribution in [-0.2, 0) is 20.9 Å². The summed E-state index contributed by atoms with van der Waals surface area (Å²) in [6.07, 6.45) is -0.619. The predicted octanol–water partition coefficient (Wildman–Crippen LogP) is 0.659. The predicted molar refractivity (Wildman–Crippen MR) is 84.6 cm³/mol. The molecule has 1 heterocycles. The first-order valence-electron chi connectivity index (χ1n) is 7.67. The fourth-order valence-corrected chi connectivity index (χ4v) is 2.43. The summed E-state index contributed by atoms with van der Waals surface area (Å²) in [7, 11) is 1.74. The van der Waals surface area contributed by atoms with Gasteiger partial charge in [-0.25, -0.2) is 4.79 Å². The highest BCUT2D eigenvalue weighted by atomic mass is 16.6. The van der Waals surface area contributed by atoms with Crippen molar-refractivity contribution in [2.24, 2.45) is 0 Å². The van der Waals surface area contributed by atoms with Gasteiger partial charge in [0.15, 0.2) is 6.23 Å². The van der Waals surface area contributed by atoms with E-state index in [1.807, 2.05) is 30.3 Å². The van der Waals surface area contributed by atoms with Crippen LogP contribution >= 0.6 is 0 Å². The van der Waals surface area contributed by atoms with E-state index < -0.39 is 0 Å². The molecule has 126 valence electrons. The number of ether oxygens (including phenoxy) is 2. The monoisotopic (exact) mass is 321 g/mol. The molecular weight excluding hydrogens is 298 g/mol. The minimum atomic E-state index is -0.330. The van der Waals surface area contributed by atoms with Crippen LogP contribution in [0.4, 0.5) is 4.79 Å². The lowest BCUT2D eigenvalue weighted by Gasteiger charge is -2.35. The van der Waals surface area contributed by atoms with Crippen molar-refractivity contribution < 1.29 is 19.1 Å². The molecule has 1 N–H and O–H groups in total. The van der Waals surface area contributed by atoms with Crippen LogP contribution in [0.25, 0.3) is 0 Å². The topological polar surface area (TPSA) is 71.1 Å². The van der Waals surface area contributed by atoms with Crippen LogP contribution in [0.3, 0.4) is 0 Å². The van der Waals surface area contributed by atoms with Crippen molar-refractivity contribution in [2.75, 3.05) is 39.8 Å². The summed E-state index contributed by atoms with van der Waals surface area (Å²) in [6, 6.07) is 9.62. The Balaban J connectivity index is 1.71. The van der Waals surface area contributed by atoms with Crippen LogP contribution < -0.4 is 5.32 Å². The van der Waals surface area contributed by atoms with Crippen molar-refractivity contribution in [1.29, 1.82) is 0 Å². The normalized spacial score (nSPS) is 16.7. The highest BCUT2D eigenvalue weighted by molar-refractivity contribution is 5.67. The van der Waals surface area contributed by atoms with Gasteiger partial charge in [-0.1, -0.05) is 30.3 Å². The zero-order valence-corrected chi connectivity index (χ0v) is 13.3. The summed E-state index contributed by atoms with van der Waals surface area (Å²) in [6.45, 7) is 3.98. The molecule has 1 aromatic rings. The number of benzene rings is 1. The maximum Gasteiger partial charge on any atom is 0.410 e. The average molecular weight is 321 g/mol. The Bertz CT molecular complexity index is 489. The molecule has 0 aromatic heterocycles. The molecule has 7 nitrogen and oxygen atoms in total. The summed E-state index contributed by atoms with van der Waals surface area (Å²) < 4.78 is 10.2. The summed E-state index contributed by atoms with van der Waals surface area (Å²) in [5.41, 5.74) is 0.974. The number of piperazine rings is 1. The van der Waals surface area contributed by atoms with Gasteiger partial charge >= 0.3 is 6.09 Å². The number of amides is 1. The van der Waals surface area contributed by atoms with Gasteiger partial charge in [0, 0.05) is 32.7 Å². The van der Waals surface area contributed by atoms with Gasteiger partial charge in [-0.3, -0.25) is 15.0 Å². The lowest BCUT2D eigenvalue weighted by atomic mass is 10.2. The summed E-state index contributed by atoms with van der Waals surface area (Å²) in [5.74, 6) is 0. The van der Waals surface area contributed by atoms with Gasteiger partial charge in [0.2, 0.25) is 0 Å². The van der Waals surface area contributed by atoms with Gasteiger partial charge in [0.05, 0.1) is 0 Å². The number of nitrogens with one attached hydrogen (secondary N) is 1. The molecule has 0 bridgehead atoms. The number of likely N-dealkylation sites (N-methyl/N-ethyl adjacent to an activating group) is 1. The molecule has 1 fully saturated rings. The van der Waals surface area contributed by atoms with E-state index in [2.05, 4.69) is 10.2 Å². The van der Waals surface area contributed by atoms with Crippen LogP contribution in [0.1, 0.15) is 5.56 Å². The van der Waals surface area contributed by atoms with Crippen molar-refractivity contribution in [3.8, 4) is 0 Å². The molecule has 1 unspecified atom stereocenters. The minimum Gasteiger partial charge on any atom is -0.447 e. The molecule has 1 aromatic carbocycles. The Morgan fingerprint density at radius 1 is 1.26 bits per heavy atom. The van der Waals surface area contributed by atoms with Crippen LogP contribution in [0.5, 0.6) is 0 Å². The molecule has 1 aliphatic heterocycles. The second kappa shape index (κ2) is 9.12. The zero-order chi connectivity index (χ0) is 16.5. The molecule has 23 heavy (non-hydrogen) atoms. The fraction of sp³-hybridized carbons (Fsp3) is 0.500. The van der Waals surface area contributed by atoms with E-state index in [0.717, 1.165) is 18.7 Å². The smallest absolute Gasteiger partial charge is 0.410 e. The second-order valence-electron chi connectivity index (χ2n) is 5.34. The Kier molecular flexibility index (Phi) is 6.83. The van der Waals surface area contributed by atoms with Crippen molar-refractivity contribution in [2.45, 2.75) is 12.8 Å². The number of rotatable bonds is 7. The van der Waals surface area contributed by atoms with E-state index in [-0.39, 0.29) is 18.9 Å². The van der Waals surface area contributed by atoms with Crippen molar-refractivity contribution in [1.82, 2.24) is 15.1 Å². The summed E-state index contributed by atoms with van der Waals surface area (Å²) in [4.78, 5) is 26.3. The SMILES string of the molecule is CNC(CN1CCN(C(=O)OCc2ccccc2)CC1)OC=O. The molecule has 0 spiro atoms. The molecule has 7 heteroatoms. The average Bonchev–Trinajstić information content (AvgIpc) is 2.60. The third kappa shape index (κ3) is 5.54. The molecule has 1 amide bonds. The van der Waals surface area contributed by atoms with Gasteiger partial charge in [-0.2, -0.15) is 0 Å². The van der Waals surface area contributed by atoms with Gasteiger partial charge in [-0.05, 0) is 12.6 Å². The van der Waals surface area contributed by atoms with Crippen LogP contribution in [-0.4, -0.2) is 68.4 Å². The van der Waals surface area contributed by atoms with E-state index in [9.17, 15) is 9.59 Å². The van der Waals surface area contributed by atoms with Crippen molar-refractivity contribution in [3.63, 3.8) is 0 Å². The van der Waals surface area contributed by atoms with Crippen LogP contribution in [0, 0.1) is 0 Å². The summed E-state index contributed by atoms with van der Waals surface area (Å²) >= 11 is 0. The van der Waals surface area contributed by atoms with Crippen molar-refractivity contribution >= 4 is 12.6 Å². The highest BCUT2D eigenvalue weighted by Gasteiger charge is 2.23. The van der Waals surface area contributed by atoms with Gasteiger partial charge < -0.3 is 14.4 Å². The van der Waals surface area contributed by atoms with Gasteiger partial charge in [-0.15, -0.1) is 0 Å². The summed E-state index contributed by atoms with van der Waals surface area (Å²) in [5, 5.41) is 2.92. The Hall–Kier alpha value is -2.12. The molecule has 1 saturated heterocycles. The molecular formula is C16H23N3O4. The Morgan fingerprint density at radius 2 is 1.96 bits per heavy atom. The van der Waals surface area contributed by atoms with E-state index in [4.69, 9.17) is 9.47 Å². The highest BCUT2D eigenvalue weighted by Crippen LogP contribution is 2.07. The number of nitrogens with zero attached hydrogens (tertiary/aromatic N) is 2. The molecule has 1 atom stereocenters. The minimum absolute atomic E-state index is 0.287. The first-order valence-corrected chi connectivity index (χ1v) is 7.67. The number of carbonyl (C=O) groups is 2. The standard InChI is InChI=1S/C16H23N3O4/c1-17-15(23-13-20)11-18-7-9-19(10-8-18)16(21)22-12-14-5-3-2-4-6-14/h2-6,13,15,17H,7-12H2,1H3. The quantitative estimate of drug-likeness (QED) is 0.588. The number of hydrogen-bond donors (Lipinski definition) is 1. The van der Waals surface area contributed by atoms with E-state index in [1.165, 1.54) is 0 Å². The van der Waals surface area contributed by atoms with Crippen molar-refractivity contribution in [3.05, 3.63) is 35.9 Å². The third-order valence-corrected chi connectivity index (χ3v) is 3.80. The number of hydrogen-bond acceptors (Lipinski definition) is 6. The molecule has 0 aliphatic carbocycles. The Labute approximate surface area is 136 Å². The van der Waals surface area contributed by atoms with E-state index in [0.29, 0.717) is 26.1 Å². The first-order chi connectivity index (χ1) is 11.2. The lowest BCUT2D eigenvalue weighted by Crippen LogP contribution is -2.52. The third-order valence-electron chi connectivity index (χ3n) is 3.80. The molecule has 0 saturated carbocycles. The van der Waals surface area contributed by atoms with E-state index >= 15 is 0 Å². The maximum absolute atomic E-state index is 12.1.